The van der Waals surface area contributed by atoms with Crippen LogP contribution in [0.1, 0.15) is 11.1 Å². The largest absolute Gasteiger partial charge is 0.496 e. The molecule has 0 aliphatic carbocycles. The molecular weight excluding hydrogens is 292 g/mol. The van der Waals surface area contributed by atoms with Gasteiger partial charge in [0, 0.05) is 16.8 Å². The van der Waals surface area contributed by atoms with Gasteiger partial charge in [0.25, 0.3) is 0 Å². The molecule has 0 N–H and O–H groups in total. The molecule has 0 radical (unpaired) electrons. The third kappa shape index (κ3) is 2.25. The van der Waals surface area contributed by atoms with Crippen LogP contribution >= 0.6 is 22.9 Å². The van der Waals surface area contributed by atoms with E-state index in [0.29, 0.717) is 11.0 Å². The summed E-state index contributed by atoms with van der Waals surface area (Å²) in [4.78, 5) is 10.0. The fraction of sp³-hybridized carbons (Fsp3) is 0.200. The number of aromatic nitrogens is 2. The highest BCUT2D eigenvalue weighted by molar-refractivity contribution is 7.13. The first-order valence-corrected chi connectivity index (χ1v) is 7.41. The van der Waals surface area contributed by atoms with Crippen LogP contribution in [0, 0.1) is 13.8 Å². The Morgan fingerprint density at radius 3 is 2.65 bits per heavy atom. The van der Waals surface area contributed by atoms with Gasteiger partial charge in [-0.2, -0.15) is 0 Å². The molecule has 2 heterocycles. The molecule has 5 heteroatoms. The fourth-order valence-electron chi connectivity index (χ4n) is 2.20. The van der Waals surface area contributed by atoms with Crippen LogP contribution in [0.2, 0.25) is 5.15 Å². The Kier molecular flexibility index (Phi) is 3.36. The van der Waals surface area contributed by atoms with Gasteiger partial charge in [-0.1, -0.05) is 23.2 Å². The van der Waals surface area contributed by atoms with Gasteiger partial charge in [0.15, 0.2) is 5.82 Å². The lowest BCUT2D eigenvalue weighted by molar-refractivity contribution is 0.417. The van der Waals surface area contributed by atoms with E-state index in [-0.39, 0.29) is 0 Å². The molecule has 0 amide bonds. The zero-order chi connectivity index (χ0) is 14.3. The van der Waals surface area contributed by atoms with Crippen LogP contribution in [0.25, 0.3) is 21.6 Å². The summed E-state index contributed by atoms with van der Waals surface area (Å²) in [6, 6.07) is 6.04. The maximum absolute atomic E-state index is 6.32. The number of halogens is 1. The molecule has 0 aliphatic heterocycles. The summed E-state index contributed by atoms with van der Waals surface area (Å²) in [6.45, 7) is 4.08. The second kappa shape index (κ2) is 5.04. The summed E-state index contributed by atoms with van der Waals surface area (Å²) >= 11 is 7.86. The molecule has 3 aromatic rings. The monoisotopic (exact) mass is 304 g/mol. The fourth-order valence-corrected chi connectivity index (χ4v) is 3.22. The number of hydrogen-bond acceptors (Lipinski definition) is 4. The molecule has 0 fully saturated rings. The van der Waals surface area contributed by atoms with Crippen LogP contribution in [-0.4, -0.2) is 17.1 Å². The third-order valence-corrected chi connectivity index (χ3v) is 4.31. The molecule has 3 nitrogen and oxygen atoms in total. The first-order chi connectivity index (χ1) is 9.58. The molecule has 0 spiro atoms. The van der Waals surface area contributed by atoms with Crippen LogP contribution in [0.3, 0.4) is 0 Å². The molecule has 1 aromatic carbocycles. The number of rotatable bonds is 2. The highest BCUT2D eigenvalue weighted by Crippen LogP contribution is 2.32. The molecule has 0 aliphatic rings. The van der Waals surface area contributed by atoms with Crippen molar-refractivity contribution in [2.45, 2.75) is 13.8 Å². The second-order valence-electron chi connectivity index (χ2n) is 4.67. The van der Waals surface area contributed by atoms with Gasteiger partial charge in [-0.25, -0.2) is 9.97 Å². The van der Waals surface area contributed by atoms with Crippen LogP contribution in [-0.2, 0) is 0 Å². The van der Waals surface area contributed by atoms with Crippen LogP contribution < -0.4 is 4.74 Å². The summed E-state index contributed by atoms with van der Waals surface area (Å²) < 4.78 is 5.20. The van der Waals surface area contributed by atoms with E-state index >= 15 is 0 Å². The van der Waals surface area contributed by atoms with Crippen LogP contribution in [0.5, 0.6) is 5.75 Å². The molecule has 2 aromatic heterocycles. The highest BCUT2D eigenvalue weighted by atomic mass is 35.5. The minimum atomic E-state index is 0.490. The van der Waals surface area contributed by atoms with E-state index in [1.807, 2.05) is 31.4 Å². The lowest BCUT2D eigenvalue weighted by atomic mass is 10.1. The Morgan fingerprint density at radius 1 is 1.15 bits per heavy atom. The Morgan fingerprint density at radius 2 is 1.95 bits per heavy atom. The van der Waals surface area contributed by atoms with Crippen molar-refractivity contribution in [3.05, 3.63) is 39.9 Å². The molecule has 0 atom stereocenters. The smallest absolute Gasteiger partial charge is 0.171 e. The molecule has 0 unspecified atom stereocenters. The Balaban J connectivity index is 2.23. The lowest BCUT2D eigenvalue weighted by Crippen LogP contribution is -1.93. The van der Waals surface area contributed by atoms with Gasteiger partial charge in [-0.05, 0) is 25.5 Å². The average molecular weight is 305 g/mol. The number of hydrogen-bond donors (Lipinski definition) is 0. The number of aryl methyl sites for hydroxylation is 2. The van der Waals surface area contributed by atoms with E-state index in [0.717, 1.165) is 32.7 Å². The summed E-state index contributed by atoms with van der Waals surface area (Å²) in [5, 5.41) is 3.32. The third-order valence-electron chi connectivity index (χ3n) is 3.12. The van der Waals surface area contributed by atoms with Crippen molar-refractivity contribution in [3.63, 3.8) is 0 Å². The minimum Gasteiger partial charge on any atom is -0.496 e. The van der Waals surface area contributed by atoms with Crippen LogP contribution in [0.15, 0.2) is 23.6 Å². The maximum Gasteiger partial charge on any atom is 0.171 e. The molecular formula is C15H13ClN2OS. The van der Waals surface area contributed by atoms with Crippen molar-refractivity contribution >= 4 is 33.8 Å². The van der Waals surface area contributed by atoms with Crippen molar-refractivity contribution in [3.8, 4) is 16.5 Å². The normalized spacial score (nSPS) is 11.0. The zero-order valence-electron chi connectivity index (χ0n) is 11.4. The molecule has 0 saturated carbocycles. The van der Waals surface area contributed by atoms with Crippen molar-refractivity contribution in [1.29, 1.82) is 0 Å². The lowest BCUT2D eigenvalue weighted by Gasteiger charge is -2.07. The van der Waals surface area contributed by atoms with E-state index in [4.69, 9.17) is 16.3 Å². The molecule has 3 rings (SSSR count). The average Bonchev–Trinajstić information content (AvgIpc) is 2.88. The first-order valence-electron chi connectivity index (χ1n) is 6.16. The van der Waals surface area contributed by atoms with Gasteiger partial charge < -0.3 is 4.74 Å². The van der Waals surface area contributed by atoms with Crippen LogP contribution in [0.4, 0.5) is 0 Å². The zero-order valence-corrected chi connectivity index (χ0v) is 13.0. The number of fused-ring (bicyclic) bond motifs is 1. The molecule has 0 saturated heterocycles. The van der Waals surface area contributed by atoms with Crippen molar-refractivity contribution in [2.24, 2.45) is 0 Å². The molecule has 20 heavy (non-hydrogen) atoms. The van der Waals surface area contributed by atoms with Crippen molar-refractivity contribution < 1.29 is 4.74 Å². The van der Waals surface area contributed by atoms with Crippen molar-refractivity contribution in [2.75, 3.05) is 7.11 Å². The van der Waals surface area contributed by atoms with E-state index in [9.17, 15) is 0 Å². The van der Waals surface area contributed by atoms with Gasteiger partial charge in [0.2, 0.25) is 0 Å². The van der Waals surface area contributed by atoms with Gasteiger partial charge in [0.05, 0.1) is 17.5 Å². The summed E-state index contributed by atoms with van der Waals surface area (Å²) in [7, 11) is 1.65. The summed E-state index contributed by atoms with van der Waals surface area (Å²) in [5.41, 5.74) is 3.16. The minimum absolute atomic E-state index is 0.490. The van der Waals surface area contributed by atoms with Crippen molar-refractivity contribution in [1.82, 2.24) is 9.97 Å². The number of methoxy groups -OCH3 is 1. The summed E-state index contributed by atoms with van der Waals surface area (Å²) in [6.07, 6.45) is 0. The Hall–Kier alpha value is -1.65. The van der Waals surface area contributed by atoms with Gasteiger partial charge in [-0.3, -0.25) is 0 Å². The van der Waals surface area contributed by atoms with Gasteiger partial charge in [0.1, 0.15) is 10.9 Å². The number of thiophene rings is 1. The number of benzene rings is 1. The topological polar surface area (TPSA) is 35.0 Å². The summed E-state index contributed by atoms with van der Waals surface area (Å²) in [5.74, 6) is 1.45. The molecule has 102 valence electrons. The molecule has 0 bridgehead atoms. The van der Waals surface area contributed by atoms with Gasteiger partial charge >= 0.3 is 0 Å². The first kappa shape index (κ1) is 13.3. The quantitative estimate of drug-likeness (QED) is 0.647. The van der Waals surface area contributed by atoms with Gasteiger partial charge in [-0.15, -0.1) is 11.3 Å². The van der Waals surface area contributed by atoms with E-state index in [1.54, 1.807) is 18.4 Å². The number of ether oxygens (including phenoxy) is 1. The van der Waals surface area contributed by atoms with E-state index < -0.39 is 0 Å². The SMILES string of the molecule is COc1csc(-c2nc(Cl)c3cc(C)cc(C)c3n2)c1. The predicted octanol–water partition coefficient (Wildman–Crippen LogP) is 4.64. The van der Waals surface area contributed by atoms with E-state index in [1.165, 1.54) is 0 Å². The standard InChI is InChI=1S/C15H13ClN2OS/c1-8-4-9(2)13-11(5-8)14(16)18-15(17-13)12-6-10(19-3)7-20-12/h4-7H,1-3H3. The highest BCUT2D eigenvalue weighted by Gasteiger charge is 2.12. The predicted molar refractivity (Wildman–Crippen MR) is 83.9 cm³/mol. The number of nitrogens with zero attached hydrogens (tertiary/aromatic N) is 2. The van der Waals surface area contributed by atoms with E-state index in [2.05, 4.69) is 16.0 Å². The Labute approximate surface area is 126 Å². The maximum atomic E-state index is 6.32. The Bertz CT molecular complexity index is 798. The second-order valence-corrected chi connectivity index (χ2v) is 5.94.